The minimum Gasteiger partial charge on any atom is -0.254 e. The van der Waals surface area contributed by atoms with E-state index in [0.717, 1.165) is 21.5 Å². The predicted molar refractivity (Wildman–Crippen MR) is 77.7 cm³/mol. The third kappa shape index (κ3) is 2.17. The Bertz CT molecular complexity index is 916. The van der Waals surface area contributed by atoms with Crippen LogP contribution in [0.3, 0.4) is 0 Å². The van der Waals surface area contributed by atoms with E-state index in [1.807, 2.05) is 6.07 Å². The molecule has 0 aromatic carbocycles. The van der Waals surface area contributed by atoms with Crippen molar-refractivity contribution in [3.8, 4) is 16.4 Å². The Morgan fingerprint density at radius 3 is 2.95 bits per heavy atom. The summed E-state index contributed by atoms with van der Waals surface area (Å²) in [5.41, 5.74) is 3.36. The molecule has 0 aliphatic rings. The van der Waals surface area contributed by atoms with Gasteiger partial charge >= 0.3 is 0 Å². The molecule has 7 heteroatoms. The van der Waals surface area contributed by atoms with Gasteiger partial charge in [0, 0.05) is 24.0 Å². The molecule has 0 aliphatic carbocycles. The first-order valence-electron chi connectivity index (χ1n) is 6.17. The average molecular weight is 297 g/mol. The highest BCUT2D eigenvalue weighted by Crippen LogP contribution is 2.24. The SMILES string of the molecule is Fc1cccc(-n2cc3cnc(-c4cncs4)cc3n2)n1. The van der Waals surface area contributed by atoms with Crippen molar-refractivity contribution in [1.82, 2.24) is 24.7 Å². The normalized spacial score (nSPS) is 11.1. The molecule has 0 amide bonds. The Balaban J connectivity index is 1.83. The molecule has 0 bridgehead atoms. The first kappa shape index (κ1) is 12.1. The maximum Gasteiger partial charge on any atom is 0.214 e. The predicted octanol–water partition coefficient (Wildman–Crippen LogP) is 3.08. The van der Waals surface area contributed by atoms with E-state index in [1.165, 1.54) is 17.4 Å². The molecule has 4 aromatic heterocycles. The maximum atomic E-state index is 13.2. The molecule has 0 fully saturated rings. The van der Waals surface area contributed by atoms with Crippen molar-refractivity contribution in [3.63, 3.8) is 0 Å². The zero-order chi connectivity index (χ0) is 14.2. The number of nitrogens with zero attached hydrogens (tertiary/aromatic N) is 5. The molecule has 0 N–H and O–H groups in total. The second kappa shape index (κ2) is 4.71. The molecule has 4 rings (SSSR count). The van der Waals surface area contributed by atoms with Crippen LogP contribution in [0, 0.1) is 5.95 Å². The molecule has 0 aliphatic heterocycles. The van der Waals surface area contributed by atoms with Crippen LogP contribution in [0.15, 0.2) is 48.4 Å². The molecule has 0 saturated heterocycles. The Morgan fingerprint density at radius 2 is 2.14 bits per heavy atom. The van der Waals surface area contributed by atoms with Crippen LogP contribution in [0.2, 0.25) is 0 Å². The van der Waals surface area contributed by atoms with Gasteiger partial charge in [-0.1, -0.05) is 6.07 Å². The van der Waals surface area contributed by atoms with E-state index in [0.29, 0.717) is 5.82 Å². The van der Waals surface area contributed by atoms with Crippen LogP contribution >= 0.6 is 11.3 Å². The summed E-state index contributed by atoms with van der Waals surface area (Å²) >= 11 is 1.52. The highest BCUT2D eigenvalue weighted by molar-refractivity contribution is 7.13. The summed E-state index contributed by atoms with van der Waals surface area (Å²) in [5, 5.41) is 5.30. The average Bonchev–Trinajstić information content (AvgIpc) is 3.16. The number of pyridine rings is 2. The molecule has 0 radical (unpaired) electrons. The minimum absolute atomic E-state index is 0.436. The lowest BCUT2D eigenvalue weighted by Gasteiger charge is -1.98. The van der Waals surface area contributed by atoms with E-state index in [2.05, 4.69) is 20.1 Å². The highest BCUT2D eigenvalue weighted by atomic mass is 32.1. The molecule has 0 atom stereocenters. The summed E-state index contributed by atoms with van der Waals surface area (Å²) in [7, 11) is 0. The number of aromatic nitrogens is 5. The van der Waals surface area contributed by atoms with Crippen LogP contribution in [-0.4, -0.2) is 24.7 Å². The van der Waals surface area contributed by atoms with Gasteiger partial charge in [-0.05, 0) is 18.2 Å². The number of rotatable bonds is 2. The van der Waals surface area contributed by atoms with Crippen molar-refractivity contribution in [1.29, 1.82) is 0 Å². The van der Waals surface area contributed by atoms with Crippen LogP contribution < -0.4 is 0 Å². The van der Waals surface area contributed by atoms with Gasteiger partial charge in [-0.15, -0.1) is 11.3 Å². The van der Waals surface area contributed by atoms with Gasteiger partial charge in [-0.2, -0.15) is 9.49 Å². The lowest BCUT2D eigenvalue weighted by molar-refractivity contribution is 0.578. The molecule has 0 spiro atoms. The topological polar surface area (TPSA) is 56.5 Å². The molecular weight excluding hydrogens is 289 g/mol. The summed E-state index contributed by atoms with van der Waals surface area (Å²) in [5.74, 6) is -0.0962. The summed E-state index contributed by atoms with van der Waals surface area (Å²) in [6, 6.07) is 6.49. The van der Waals surface area contributed by atoms with E-state index >= 15 is 0 Å². The van der Waals surface area contributed by atoms with Crippen LogP contribution in [0.5, 0.6) is 0 Å². The van der Waals surface area contributed by atoms with E-state index < -0.39 is 5.95 Å². The van der Waals surface area contributed by atoms with Crippen LogP contribution in [-0.2, 0) is 0 Å². The number of fused-ring (bicyclic) bond motifs is 1. The quantitative estimate of drug-likeness (QED) is 0.534. The van der Waals surface area contributed by atoms with Gasteiger partial charge < -0.3 is 0 Å². The molecular formula is C14H8FN5S. The van der Waals surface area contributed by atoms with Gasteiger partial charge in [-0.3, -0.25) is 9.97 Å². The highest BCUT2D eigenvalue weighted by Gasteiger charge is 2.08. The molecule has 4 aromatic rings. The van der Waals surface area contributed by atoms with Crippen molar-refractivity contribution < 1.29 is 4.39 Å². The largest absolute Gasteiger partial charge is 0.254 e. The minimum atomic E-state index is -0.532. The summed E-state index contributed by atoms with van der Waals surface area (Å²) < 4.78 is 14.7. The van der Waals surface area contributed by atoms with Gasteiger partial charge in [0.1, 0.15) is 0 Å². The molecule has 21 heavy (non-hydrogen) atoms. The Labute approximate surface area is 122 Å². The number of hydrogen-bond donors (Lipinski definition) is 0. The Kier molecular flexibility index (Phi) is 2.71. The first-order valence-corrected chi connectivity index (χ1v) is 7.05. The molecule has 4 heterocycles. The van der Waals surface area contributed by atoms with Gasteiger partial charge in [-0.25, -0.2) is 9.67 Å². The van der Waals surface area contributed by atoms with E-state index in [9.17, 15) is 4.39 Å². The second-order valence-corrected chi connectivity index (χ2v) is 5.27. The van der Waals surface area contributed by atoms with E-state index in [-0.39, 0.29) is 0 Å². The van der Waals surface area contributed by atoms with Crippen molar-refractivity contribution in [3.05, 3.63) is 54.3 Å². The zero-order valence-corrected chi connectivity index (χ0v) is 11.5. The lowest BCUT2D eigenvalue weighted by atomic mass is 10.2. The fourth-order valence-electron chi connectivity index (χ4n) is 2.04. The third-order valence-corrected chi connectivity index (χ3v) is 3.80. The number of halogens is 1. The first-order chi connectivity index (χ1) is 10.3. The third-order valence-electron chi connectivity index (χ3n) is 3.01. The second-order valence-electron chi connectivity index (χ2n) is 4.39. The summed E-state index contributed by atoms with van der Waals surface area (Å²) in [6.07, 6.45) is 5.29. The van der Waals surface area contributed by atoms with Crippen LogP contribution in [0.4, 0.5) is 4.39 Å². The smallest absolute Gasteiger partial charge is 0.214 e. The van der Waals surface area contributed by atoms with E-state index in [1.54, 1.807) is 40.9 Å². The van der Waals surface area contributed by atoms with Gasteiger partial charge in [0.2, 0.25) is 5.95 Å². The standard InChI is InChI=1S/C14H8FN5S/c15-13-2-1-3-14(18-13)20-7-9-5-17-11(4-10(9)19-20)12-6-16-8-21-12/h1-8H. The molecule has 5 nitrogen and oxygen atoms in total. The number of thiazole rings is 1. The summed E-state index contributed by atoms with van der Waals surface area (Å²) in [6.45, 7) is 0. The monoisotopic (exact) mass is 297 g/mol. The van der Waals surface area contributed by atoms with Gasteiger partial charge in [0.25, 0.3) is 0 Å². The maximum absolute atomic E-state index is 13.2. The summed E-state index contributed by atoms with van der Waals surface area (Å²) in [4.78, 5) is 13.2. The molecule has 102 valence electrons. The van der Waals surface area contributed by atoms with Crippen molar-refractivity contribution in [2.24, 2.45) is 0 Å². The van der Waals surface area contributed by atoms with Crippen LogP contribution in [0.25, 0.3) is 27.3 Å². The zero-order valence-electron chi connectivity index (χ0n) is 10.6. The van der Waals surface area contributed by atoms with E-state index in [4.69, 9.17) is 0 Å². The van der Waals surface area contributed by atoms with Crippen molar-refractivity contribution in [2.75, 3.05) is 0 Å². The fraction of sp³-hybridized carbons (Fsp3) is 0. The lowest BCUT2D eigenvalue weighted by Crippen LogP contribution is -1.98. The van der Waals surface area contributed by atoms with Crippen LogP contribution in [0.1, 0.15) is 0 Å². The molecule has 0 saturated carbocycles. The fourth-order valence-corrected chi connectivity index (χ4v) is 2.63. The Hall–Kier alpha value is -2.67. The van der Waals surface area contributed by atoms with Crippen molar-refractivity contribution >= 4 is 22.2 Å². The van der Waals surface area contributed by atoms with Gasteiger partial charge in [0.05, 0.1) is 21.6 Å². The van der Waals surface area contributed by atoms with Gasteiger partial charge in [0.15, 0.2) is 5.82 Å². The Morgan fingerprint density at radius 1 is 1.19 bits per heavy atom. The molecule has 0 unspecified atom stereocenters. The van der Waals surface area contributed by atoms with Crippen molar-refractivity contribution in [2.45, 2.75) is 0 Å². The number of hydrogen-bond acceptors (Lipinski definition) is 5.